The second-order valence-corrected chi connectivity index (χ2v) is 10.1. The Morgan fingerprint density at radius 1 is 0.912 bits per heavy atom. The molecule has 0 radical (unpaired) electrons. The third-order valence-electron chi connectivity index (χ3n) is 6.61. The first kappa shape index (κ1) is 24.5. The van der Waals surface area contributed by atoms with Crippen LogP contribution in [0.15, 0.2) is 60.7 Å². The second kappa shape index (κ2) is 11.2. The molecular weight excluding hydrogens is 539 g/mol. The summed E-state index contributed by atoms with van der Waals surface area (Å²) in [5.74, 6) is 3.58. The highest BCUT2D eigenvalue weighted by molar-refractivity contribution is 14.1. The van der Waals surface area contributed by atoms with E-state index in [2.05, 4.69) is 70.8 Å². The summed E-state index contributed by atoms with van der Waals surface area (Å²) in [5, 5.41) is 0. The molecule has 178 valence electrons. The van der Waals surface area contributed by atoms with Gasteiger partial charge < -0.3 is 14.4 Å². The molecule has 34 heavy (non-hydrogen) atoms. The van der Waals surface area contributed by atoms with Crippen molar-refractivity contribution in [3.8, 4) is 11.5 Å². The van der Waals surface area contributed by atoms with Crippen LogP contribution in [-0.2, 0) is 17.9 Å². The zero-order valence-electron chi connectivity index (χ0n) is 20.0. The van der Waals surface area contributed by atoms with Crippen LogP contribution in [0.1, 0.15) is 48.9 Å². The third kappa shape index (κ3) is 5.90. The van der Waals surface area contributed by atoms with E-state index in [0.29, 0.717) is 37.6 Å². The van der Waals surface area contributed by atoms with Crippen molar-refractivity contribution in [2.24, 2.45) is 5.92 Å². The van der Waals surface area contributed by atoms with Crippen LogP contribution in [0.5, 0.6) is 11.5 Å². The van der Waals surface area contributed by atoms with E-state index >= 15 is 0 Å². The van der Waals surface area contributed by atoms with E-state index in [0.717, 1.165) is 33.0 Å². The highest BCUT2D eigenvalue weighted by atomic mass is 127. The molecule has 5 nitrogen and oxygen atoms in total. The average molecular weight is 570 g/mol. The minimum atomic E-state index is 0.178. The molecule has 1 saturated carbocycles. The standard InChI is InChI=1S/C28H31IN2O3/c1-19-4-9-22(32)16-25(19)28-26(29)14-15-27(30-28)31(17-20-5-10-23(33-2)11-6-20)18-21-7-12-24(34-3)13-8-21/h5-8,10-15,19,25H,4,9,16-18H2,1-3H3. The van der Waals surface area contributed by atoms with Gasteiger partial charge >= 0.3 is 0 Å². The Labute approximate surface area is 215 Å². The highest BCUT2D eigenvalue weighted by Gasteiger charge is 2.30. The number of anilines is 1. The number of carbonyl (C=O) groups excluding carboxylic acids is 1. The number of pyridine rings is 1. The van der Waals surface area contributed by atoms with Gasteiger partial charge in [-0.05, 0) is 82.5 Å². The minimum Gasteiger partial charge on any atom is -0.497 e. The monoisotopic (exact) mass is 570 g/mol. The smallest absolute Gasteiger partial charge is 0.133 e. The lowest BCUT2D eigenvalue weighted by molar-refractivity contribution is -0.121. The maximum atomic E-state index is 12.2. The van der Waals surface area contributed by atoms with Crippen LogP contribution in [0.25, 0.3) is 0 Å². The fourth-order valence-electron chi connectivity index (χ4n) is 4.51. The Morgan fingerprint density at radius 3 is 2.00 bits per heavy atom. The first-order chi connectivity index (χ1) is 16.5. The van der Waals surface area contributed by atoms with Crippen LogP contribution in [0.4, 0.5) is 5.82 Å². The lowest BCUT2D eigenvalue weighted by Gasteiger charge is -2.30. The van der Waals surface area contributed by atoms with Gasteiger partial charge in [-0.3, -0.25) is 4.79 Å². The molecule has 2 atom stereocenters. The fraction of sp³-hybridized carbons (Fsp3) is 0.357. The van der Waals surface area contributed by atoms with Crippen LogP contribution in [0.3, 0.4) is 0 Å². The SMILES string of the molecule is COc1ccc(CN(Cc2ccc(OC)cc2)c2ccc(I)c(C3CC(=O)CCC3C)n2)cc1. The molecule has 0 saturated heterocycles. The van der Waals surface area contributed by atoms with Crippen molar-refractivity contribution in [2.75, 3.05) is 19.1 Å². The maximum Gasteiger partial charge on any atom is 0.133 e. The number of Topliss-reactive ketones (excluding diaryl/α,β-unsaturated/α-hetero) is 1. The van der Waals surface area contributed by atoms with E-state index in [-0.39, 0.29) is 5.92 Å². The van der Waals surface area contributed by atoms with Crippen LogP contribution in [-0.4, -0.2) is 25.0 Å². The number of methoxy groups -OCH3 is 2. The molecule has 1 aliphatic rings. The van der Waals surface area contributed by atoms with E-state index in [4.69, 9.17) is 14.5 Å². The number of ketones is 1. The quantitative estimate of drug-likeness (QED) is 0.294. The second-order valence-electron chi connectivity index (χ2n) is 8.95. The number of carbonyl (C=O) groups is 1. The topological polar surface area (TPSA) is 51.7 Å². The molecule has 1 heterocycles. The predicted octanol–water partition coefficient (Wildman–Crippen LogP) is 6.38. The molecule has 1 aromatic heterocycles. The van der Waals surface area contributed by atoms with E-state index in [9.17, 15) is 4.79 Å². The summed E-state index contributed by atoms with van der Waals surface area (Å²) in [6, 6.07) is 20.6. The largest absolute Gasteiger partial charge is 0.497 e. The van der Waals surface area contributed by atoms with Gasteiger partial charge in [0.2, 0.25) is 0 Å². The van der Waals surface area contributed by atoms with E-state index in [1.165, 1.54) is 11.1 Å². The Hall–Kier alpha value is -2.61. The van der Waals surface area contributed by atoms with E-state index < -0.39 is 0 Å². The minimum absolute atomic E-state index is 0.178. The predicted molar refractivity (Wildman–Crippen MR) is 144 cm³/mol. The van der Waals surface area contributed by atoms with Gasteiger partial charge in [-0.25, -0.2) is 4.98 Å². The van der Waals surface area contributed by atoms with Gasteiger partial charge in [0.1, 0.15) is 23.1 Å². The normalized spacial score (nSPS) is 17.9. The van der Waals surface area contributed by atoms with Crippen LogP contribution in [0.2, 0.25) is 0 Å². The van der Waals surface area contributed by atoms with Gasteiger partial charge in [-0.1, -0.05) is 31.2 Å². The number of ether oxygens (including phenoxy) is 2. The summed E-state index contributed by atoms with van der Waals surface area (Å²) in [6.07, 6.45) is 2.21. The first-order valence-electron chi connectivity index (χ1n) is 11.7. The van der Waals surface area contributed by atoms with Crippen molar-refractivity contribution in [1.29, 1.82) is 0 Å². The summed E-state index contributed by atoms with van der Waals surface area (Å²) in [4.78, 5) is 19.7. The van der Waals surface area contributed by atoms with Crippen molar-refractivity contribution in [3.05, 3.63) is 81.1 Å². The summed E-state index contributed by atoms with van der Waals surface area (Å²) in [6.45, 7) is 3.67. The zero-order chi connectivity index (χ0) is 24.1. The summed E-state index contributed by atoms with van der Waals surface area (Å²) in [5.41, 5.74) is 3.41. The molecule has 0 amide bonds. The zero-order valence-corrected chi connectivity index (χ0v) is 22.1. The first-order valence-corrected chi connectivity index (χ1v) is 12.7. The Bertz CT molecular complexity index is 1070. The number of benzene rings is 2. The molecule has 0 spiro atoms. The molecule has 3 aromatic rings. The van der Waals surface area contributed by atoms with Gasteiger partial charge in [0, 0.05) is 35.4 Å². The Kier molecular flexibility index (Phi) is 8.08. The highest BCUT2D eigenvalue weighted by Crippen LogP contribution is 2.38. The van der Waals surface area contributed by atoms with Gasteiger partial charge in [-0.15, -0.1) is 0 Å². The van der Waals surface area contributed by atoms with E-state index in [1.54, 1.807) is 14.2 Å². The average Bonchev–Trinajstić information content (AvgIpc) is 2.86. The molecule has 4 rings (SSSR count). The summed E-state index contributed by atoms with van der Waals surface area (Å²) < 4.78 is 11.8. The molecule has 1 aliphatic carbocycles. The van der Waals surface area contributed by atoms with Crippen molar-refractivity contribution in [3.63, 3.8) is 0 Å². The number of hydrogen-bond acceptors (Lipinski definition) is 5. The Morgan fingerprint density at radius 2 is 1.47 bits per heavy atom. The molecule has 1 fully saturated rings. The molecule has 2 aromatic carbocycles. The van der Waals surface area contributed by atoms with Crippen molar-refractivity contribution in [2.45, 2.75) is 45.2 Å². The number of rotatable bonds is 8. The molecule has 0 aliphatic heterocycles. The van der Waals surface area contributed by atoms with Gasteiger partial charge in [0.15, 0.2) is 0 Å². The van der Waals surface area contributed by atoms with Crippen molar-refractivity contribution >= 4 is 34.2 Å². The third-order valence-corrected chi connectivity index (χ3v) is 7.52. The summed E-state index contributed by atoms with van der Waals surface area (Å²) in [7, 11) is 3.36. The molecule has 6 heteroatoms. The summed E-state index contributed by atoms with van der Waals surface area (Å²) >= 11 is 2.36. The lowest BCUT2D eigenvalue weighted by atomic mass is 9.78. The maximum absolute atomic E-state index is 12.2. The molecule has 0 N–H and O–H groups in total. The molecule has 2 unspecified atom stereocenters. The van der Waals surface area contributed by atoms with E-state index in [1.807, 2.05) is 24.3 Å². The fourth-order valence-corrected chi connectivity index (χ4v) is 5.21. The Balaban J connectivity index is 1.67. The lowest BCUT2D eigenvalue weighted by Crippen LogP contribution is -2.26. The van der Waals surface area contributed by atoms with Crippen LogP contribution >= 0.6 is 22.6 Å². The number of halogens is 1. The number of aromatic nitrogens is 1. The van der Waals surface area contributed by atoms with Gasteiger partial charge in [-0.2, -0.15) is 0 Å². The van der Waals surface area contributed by atoms with Crippen LogP contribution < -0.4 is 14.4 Å². The molecular formula is C28H31IN2O3. The van der Waals surface area contributed by atoms with Crippen LogP contribution in [0, 0.1) is 9.49 Å². The molecule has 0 bridgehead atoms. The van der Waals surface area contributed by atoms with Crippen molar-refractivity contribution in [1.82, 2.24) is 4.98 Å². The van der Waals surface area contributed by atoms with Crippen molar-refractivity contribution < 1.29 is 14.3 Å². The van der Waals surface area contributed by atoms with Gasteiger partial charge in [0.25, 0.3) is 0 Å². The van der Waals surface area contributed by atoms with Gasteiger partial charge in [0.05, 0.1) is 19.9 Å². The number of hydrogen-bond donors (Lipinski definition) is 0. The number of nitrogens with zero attached hydrogens (tertiary/aromatic N) is 2.